The SMILES string of the molecule is O=C1NN(C(=O)Cc2cccc3ccccc23)C(c2ccccc2)=N/C1=C/c1ccc(O)cc1. The molecule has 0 aromatic heterocycles. The van der Waals surface area contributed by atoms with Gasteiger partial charge in [-0.05, 0) is 40.1 Å². The molecule has 6 heteroatoms. The van der Waals surface area contributed by atoms with Gasteiger partial charge in [0.05, 0.1) is 6.42 Å². The maximum atomic E-state index is 13.4. The van der Waals surface area contributed by atoms with Crippen molar-refractivity contribution in [3.8, 4) is 5.75 Å². The van der Waals surface area contributed by atoms with Crippen molar-refractivity contribution in [2.45, 2.75) is 6.42 Å². The number of carbonyl (C=O) groups is 2. The highest BCUT2D eigenvalue weighted by atomic mass is 16.3. The Morgan fingerprint density at radius 3 is 2.38 bits per heavy atom. The molecule has 4 aromatic rings. The molecular weight excluding hydrogens is 426 g/mol. The summed E-state index contributed by atoms with van der Waals surface area (Å²) in [6.07, 6.45) is 1.72. The molecular formula is C28H21N3O3. The molecule has 0 fully saturated rings. The van der Waals surface area contributed by atoms with Crippen molar-refractivity contribution in [1.82, 2.24) is 10.4 Å². The van der Waals surface area contributed by atoms with Crippen LogP contribution in [0, 0.1) is 0 Å². The Labute approximate surface area is 196 Å². The molecule has 0 bridgehead atoms. The number of phenols is 1. The van der Waals surface area contributed by atoms with Crippen LogP contribution in [0.1, 0.15) is 16.7 Å². The van der Waals surface area contributed by atoms with Crippen LogP contribution < -0.4 is 5.43 Å². The van der Waals surface area contributed by atoms with E-state index in [-0.39, 0.29) is 23.8 Å². The Morgan fingerprint density at radius 1 is 0.882 bits per heavy atom. The van der Waals surface area contributed by atoms with Crippen molar-refractivity contribution < 1.29 is 14.7 Å². The number of nitrogens with zero attached hydrogens (tertiary/aromatic N) is 2. The van der Waals surface area contributed by atoms with Crippen LogP contribution in [-0.4, -0.2) is 27.8 Å². The number of benzene rings is 4. The number of aliphatic imine (C=N–C) groups is 1. The van der Waals surface area contributed by atoms with Gasteiger partial charge in [0.25, 0.3) is 11.8 Å². The van der Waals surface area contributed by atoms with Gasteiger partial charge in [-0.2, -0.15) is 0 Å². The maximum Gasteiger partial charge on any atom is 0.288 e. The molecule has 0 radical (unpaired) electrons. The normalized spacial score (nSPS) is 14.7. The minimum Gasteiger partial charge on any atom is -0.508 e. The van der Waals surface area contributed by atoms with Crippen LogP contribution in [0.5, 0.6) is 5.75 Å². The number of rotatable bonds is 4. The lowest BCUT2D eigenvalue weighted by atomic mass is 10.0. The fourth-order valence-corrected chi connectivity index (χ4v) is 3.90. The lowest BCUT2D eigenvalue weighted by molar-refractivity contribution is -0.135. The first-order chi connectivity index (χ1) is 16.6. The van der Waals surface area contributed by atoms with E-state index in [1.165, 1.54) is 17.1 Å². The number of aromatic hydroxyl groups is 1. The summed E-state index contributed by atoms with van der Waals surface area (Å²) >= 11 is 0. The molecule has 1 heterocycles. The Hall–Kier alpha value is -4.71. The van der Waals surface area contributed by atoms with Gasteiger partial charge < -0.3 is 5.11 Å². The molecule has 166 valence electrons. The van der Waals surface area contributed by atoms with Gasteiger partial charge in [-0.1, -0.05) is 84.9 Å². The summed E-state index contributed by atoms with van der Waals surface area (Å²) in [4.78, 5) is 30.9. The van der Waals surface area contributed by atoms with Gasteiger partial charge in [0.15, 0.2) is 5.84 Å². The number of fused-ring (bicyclic) bond motifs is 1. The van der Waals surface area contributed by atoms with E-state index < -0.39 is 5.91 Å². The lowest BCUT2D eigenvalue weighted by Gasteiger charge is -2.29. The summed E-state index contributed by atoms with van der Waals surface area (Å²) in [5.74, 6) is -0.306. The number of hydrazine groups is 1. The summed E-state index contributed by atoms with van der Waals surface area (Å²) < 4.78 is 0. The second kappa shape index (κ2) is 9.03. The quantitative estimate of drug-likeness (QED) is 0.454. The molecule has 0 spiro atoms. The Balaban J connectivity index is 1.52. The molecule has 1 aliphatic rings. The number of nitrogens with one attached hydrogen (secondary N) is 1. The summed E-state index contributed by atoms with van der Waals surface area (Å²) in [6, 6.07) is 29.4. The summed E-state index contributed by atoms with van der Waals surface area (Å²) in [7, 11) is 0. The zero-order chi connectivity index (χ0) is 23.5. The first kappa shape index (κ1) is 21.2. The number of hydrogen-bond donors (Lipinski definition) is 2. The Kier molecular flexibility index (Phi) is 5.62. The zero-order valence-electron chi connectivity index (χ0n) is 18.2. The van der Waals surface area contributed by atoms with E-state index in [4.69, 9.17) is 0 Å². The highest BCUT2D eigenvalue weighted by molar-refractivity contribution is 6.15. The van der Waals surface area contributed by atoms with Crippen molar-refractivity contribution in [1.29, 1.82) is 0 Å². The predicted molar refractivity (Wildman–Crippen MR) is 132 cm³/mol. The van der Waals surface area contributed by atoms with Crippen LogP contribution in [0.25, 0.3) is 16.8 Å². The van der Waals surface area contributed by atoms with Crippen molar-refractivity contribution in [2.24, 2.45) is 4.99 Å². The van der Waals surface area contributed by atoms with E-state index in [9.17, 15) is 14.7 Å². The van der Waals surface area contributed by atoms with Crippen LogP contribution in [0.15, 0.2) is 108 Å². The molecule has 2 amide bonds. The molecule has 0 aliphatic carbocycles. The minimum absolute atomic E-state index is 0.102. The maximum absolute atomic E-state index is 13.4. The predicted octanol–water partition coefficient (Wildman–Crippen LogP) is 4.45. The number of carbonyl (C=O) groups excluding carboxylic acids is 2. The van der Waals surface area contributed by atoms with E-state index >= 15 is 0 Å². The molecule has 34 heavy (non-hydrogen) atoms. The fourth-order valence-electron chi connectivity index (χ4n) is 3.90. The van der Waals surface area contributed by atoms with Crippen LogP contribution >= 0.6 is 0 Å². The lowest BCUT2D eigenvalue weighted by Crippen LogP contribution is -2.53. The number of phenolic OH excluding ortho intramolecular Hbond substituents is 1. The van der Waals surface area contributed by atoms with Gasteiger partial charge in [0.2, 0.25) is 0 Å². The molecule has 4 aromatic carbocycles. The van der Waals surface area contributed by atoms with Crippen LogP contribution in [0.2, 0.25) is 0 Å². The number of hydrogen-bond acceptors (Lipinski definition) is 4. The third kappa shape index (κ3) is 4.29. The molecule has 0 unspecified atom stereocenters. The summed E-state index contributed by atoms with van der Waals surface area (Å²) in [5, 5.41) is 12.8. The molecule has 0 saturated heterocycles. The van der Waals surface area contributed by atoms with Crippen LogP contribution in [0.4, 0.5) is 0 Å². The number of amides is 2. The van der Waals surface area contributed by atoms with Gasteiger partial charge in [0, 0.05) is 5.56 Å². The van der Waals surface area contributed by atoms with Gasteiger partial charge >= 0.3 is 0 Å². The van der Waals surface area contributed by atoms with E-state index in [1.54, 1.807) is 18.2 Å². The van der Waals surface area contributed by atoms with Crippen molar-refractivity contribution >= 4 is 34.5 Å². The van der Waals surface area contributed by atoms with Gasteiger partial charge in [-0.3, -0.25) is 15.0 Å². The minimum atomic E-state index is -0.487. The highest BCUT2D eigenvalue weighted by Crippen LogP contribution is 2.22. The Bertz CT molecular complexity index is 1440. The molecule has 6 nitrogen and oxygen atoms in total. The average molecular weight is 447 g/mol. The first-order valence-corrected chi connectivity index (χ1v) is 10.8. The van der Waals surface area contributed by atoms with Crippen molar-refractivity contribution in [2.75, 3.05) is 0 Å². The van der Waals surface area contributed by atoms with E-state index in [0.717, 1.165) is 16.3 Å². The average Bonchev–Trinajstić information content (AvgIpc) is 2.87. The molecule has 0 atom stereocenters. The van der Waals surface area contributed by atoms with Crippen LogP contribution in [0.3, 0.4) is 0 Å². The fraction of sp³-hybridized carbons (Fsp3) is 0.0357. The molecule has 5 rings (SSSR count). The van der Waals surface area contributed by atoms with Crippen molar-refractivity contribution in [3.63, 3.8) is 0 Å². The molecule has 2 N–H and O–H groups in total. The third-order valence-corrected chi connectivity index (χ3v) is 5.58. The third-order valence-electron chi connectivity index (χ3n) is 5.58. The van der Waals surface area contributed by atoms with E-state index in [1.807, 2.05) is 72.8 Å². The first-order valence-electron chi connectivity index (χ1n) is 10.8. The largest absolute Gasteiger partial charge is 0.508 e. The highest BCUT2D eigenvalue weighted by Gasteiger charge is 2.30. The standard InChI is InChI=1S/C28H21N3O3/c32-23-15-13-19(14-16-23)17-25-28(34)30-31(27(29-25)21-8-2-1-3-9-21)26(33)18-22-11-6-10-20-7-4-5-12-24(20)22/h1-17,32H,18H2,(H,30,34)/b25-17+. The number of amidine groups is 1. The van der Waals surface area contributed by atoms with Crippen LogP contribution in [-0.2, 0) is 16.0 Å². The van der Waals surface area contributed by atoms with Crippen molar-refractivity contribution in [3.05, 3.63) is 119 Å². The Morgan fingerprint density at radius 2 is 1.59 bits per heavy atom. The van der Waals surface area contributed by atoms with E-state index in [0.29, 0.717) is 17.0 Å². The molecule has 1 aliphatic heterocycles. The second-order valence-corrected chi connectivity index (χ2v) is 7.91. The van der Waals surface area contributed by atoms with Gasteiger partial charge in [0.1, 0.15) is 11.4 Å². The summed E-state index contributed by atoms with van der Waals surface area (Å²) in [6.45, 7) is 0. The second-order valence-electron chi connectivity index (χ2n) is 7.91. The zero-order valence-corrected chi connectivity index (χ0v) is 18.2. The van der Waals surface area contributed by atoms with Gasteiger partial charge in [-0.25, -0.2) is 10.0 Å². The van der Waals surface area contributed by atoms with Gasteiger partial charge in [-0.15, -0.1) is 0 Å². The monoisotopic (exact) mass is 447 g/mol. The smallest absolute Gasteiger partial charge is 0.288 e. The summed E-state index contributed by atoms with van der Waals surface area (Å²) in [5.41, 5.74) is 5.15. The van der Waals surface area contributed by atoms with E-state index in [2.05, 4.69) is 10.4 Å². The molecule has 0 saturated carbocycles. The topological polar surface area (TPSA) is 82.0 Å².